The first-order valence-corrected chi connectivity index (χ1v) is 9.43. The van der Waals surface area contributed by atoms with Crippen molar-refractivity contribution in [3.8, 4) is 33.8 Å². The molecular weight excluding hydrogens is 320 g/mol. The number of phenolic OH excluding ortho intramolecular Hbond substituents is 2. The Bertz CT molecular complexity index is 873. The molecule has 4 rings (SSSR count). The molecule has 1 aliphatic rings. The van der Waals surface area contributed by atoms with Gasteiger partial charge in [0.1, 0.15) is 11.5 Å². The SMILES string of the molecule is Oc1ccc(-c2ccc(C3CCCCC3)c(-c3ccc(O)cc3)c2)cc1. The van der Waals surface area contributed by atoms with Gasteiger partial charge in [0, 0.05) is 0 Å². The summed E-state index contributed by atoms with van der Waals surface area (Å²) in [6.45, 7) is 0. The molecule has 1 aliphatic carbocycles. The number of benzene rings is 3. The molecule has 0 atom stereocenters. The largest absolute Gasteiger partial charge is 0.508 e. The summed E-state index contributed by atoms with van der Waals surface area (Å²) in [5.41, 5.74) is 6.05. The zero-order chi connectivity index (χ0) is 17.9. The minimum atomic E-state index is 0.284. The molecule has 0 saturated heterocycles. The molecule has 132 valence electrons. The smallest absolute Gasteiger partial charge is 0.115 e. The fourth-order valence-electron chi connectivity index (χ4n) is 4.05. The van der Waals surface area contributed by atoms with Gasteiger partial charge in [-0.1, -0.05) is 55.7 Å². The Hall–Kier alpha value is -2.74. The third kappa shape index (κ3) is 3.45. The molecule has 0 aliphatic heterocycles. The van der Waals surface area contributed by atoms with Crippen LogP contribution in [0.25, 0.3) is 22.3 Å². The summed E-state index contributed by atoms with van der Waals surface area (Å²) < 4.78 is 0. The van der Waals surface area contributed by atoms with Crippen molar-refractivity contribution in [1.82, 2.24) is 0 Å². The minimum absolute atomic E-state index is 0.284. The Morgan fingerprint density at radius 2 is 1.12 bits per heavy atom. The van der Waals surface area contributed by atoms with Crippen molar-refractivity contribution in [2.24, 2.45) is 0 Å². The van der Waals surface area contributed by atoms with Crippen molar-refractivity contribution < 1.29 is 10.2 Å². The predicted molar refractivity (Wildman–Crippen MR) is 106 cm³/mol. The summed E-state index contributed by atoms with van der Waals surface area (Å²) in [6, 6.07) is 21.6. The van der Waals surface area contributed by atoms with Crippen LogP contribution < -0.4 is 0 Å². The van der Waals surface area contributed by atoms with Gasteiger partial charge in [0.25, 0.3) is 0 Å². The van der Waals surface area contributed by atoms with Crippen molar-refractivity contribution in [2.75, 3.05) is 0 Å². The molecule has 3 aromatic rings. The van der Waals surface area contributed by atoms with E-state index in [-0.39, 0.29) is 5.75 Å². The highest BCUT2D eigenvalue weighted by atomic mass is 16.3. The molecule has 1 fully saturated rings. The Morgan fingerprint density at radius 1 is 0.577 bits per heavy atom. The lowest BCUT2D eigenvalue weighted by atomic mass is 9.80. The highest BCUT2D eigenvalue weighted by Crippen LogP contribution is 2.40. The van der Waals surface area contributed by atoms with E-state index < -0.39 is 0 Å². The van der Waals surface area contributed by atoms with E-state index in [4.69, 9.17) is 0 Å². The fraction of sp³-hybridized carbons (Fsp3) is 0.250. The van der Waals surface area contributed by atoms with Crippen molar-refractivity contribution in [3.05, 3.63) is 72.3 Å². The third-order valence-corrected chi connectivity index (χ3v) is 5.48. The van der Waals surface area contributed by atoms with Crippen LogP contribution in [-0.2, 0) is 0 Å². The summed E-state index contributed by atoms with van der Waals surface area (Å²) >= 11 is 0. The Morgan fingerprint density at radius 3 is 1.73 bits per heavy atom. The highest BCUT2D eigenvalue weighted by molar-refractivity contribution is 5.76. The van der Waals surface area contributed by atoms with E-state index in [2.05, 4.69) is 18.2 Å². The molecule has 26 heavy (non-hydrogen) atoms. The predicted octanol–water partition coefficient (Wildman–Crippen LogP) is 6.48. The van der Waals surface area contributed by atoms with Gasteiger partial charge in [-0.25, -0.2) is 0 Å². The lowest BCUT2D eigenvalue weighted by Crippen LogP contribution is -2.06. The quantitative estimate of drug-likeness (QED) is 0.571. The summed E-state index contributed by atoms with van der Waals surface area (Å²) in [6.07, 6.45) is 6.46. The fourth-order valence-corrected chi connectivity index (χ4v) is 4.05. The van der Waals surface area contributed by atoms with E-state index in [1.807, 2.05) is 24.3 Å². The van der Waals surface area contributed by atoms with Crippen molar-refractivity contribution in [1.29, 1.82) is 0 Å². The molecule has 2 nitrogen and oxygen atoms in total. The number of aromatic hydroxyl groups is 2. The van der Waals surface area contributed by atoms with E-state index in [1.165, 1.54) is 43.2 Å². The maximum atomic E-state index is 9.66. The molecule has 0 amide bonds. The summed E-state index contributed by atoms with van der Waals surface area (Å²) in [7, 11) is 0. The monoisotopic (exact) mass is 344 g/mol. The molecule has 0 heterocycles. The zero-order valence-corrected chi connectivity index (χ0v) is 14.9. The molecule has 2 heteroatoms. The van der Waals surface area contributed by atoms with Gasteiger partial charge in [-0.2, -0.15) is 0 Å². The first kappa shape index (κ1) is 16.7. The maximum Gasteiger partial charge on any atom is 0.115 e. The molecule has 0 unspecified atom stereocenters. The van der Waals surface area contributed by atoms with Crippen LogP contribution in [0.2, 0.25) is 0 Å². The highest BCUT2D eigenvalue weighted by Gasteiger charge is 2.19. The standard InChI is InChI=1S/C24H24O2/c25-21-11-6-17(7-12-21)20-10-15-23(18-4-2-1-3-5-18)24(16-20)19-8-13-22(26)14-9-19/h6-16,18,25-26H,1-5H2. The normalized spacial score (nSPS) is 15.1. The molecule has 0 spiro atoms. The lowest BCUT2D eigenvalue weighted by Gasteiger charge is -2.25. The lowest BCUT2D eigenvalue weighted by molar-refractivity contribution is 0.444. The number of phenols is 2. The molecule has 0 bridgehead atoms. The van der Waals surface area contributed by atoms with E-state index in [0.717, 1.165) is 16.7 Å². The van der Waals surface area contributed by atoms with Crippen molar-refractivity contribution >= 4 is 0 Å². The average molecular weight is 344 g/mol. The van der Waals surface area contributed by atoms with Crippen LogP contribution in [0.4, 0.5) is 0 Å². The van der Waals surface area contributed by atoms with Crippen molar-refractivity contribution in [3.63, 3.8) is 0 Å². The second-order valence-electron chi connectivity index (χ2n) is 7.23. The number of hydrogen-bond donors (Lipinski definition) is 2. The average Bonchev–Trinajstić information content (AvgIpc) is 2.69. The molecule has 0 aromatic heterocycles. The van der Waals surface area contributed by atoms with E-state index in [1.54, 1.807) is 24.3 Å². The van der Waals surface area contributed by atoms with Gasteiger partial charge in [0.05, 0.1) is 0 Å². The van der Waals surface area contributed by atoms with Crippen LogP contribution in [0.5, 0.6) is 11.5 Å². The van der Waals surface area contributed by atoms with Crippen molar-refractivity contribution in [2.45, 2.75) is 38.0 Å². The first-order chi connectivity index (χ1) is 12.7. The molecular formula is C24H24O2. The Kier molecular flexibility index (Phi) is 4.66. The molecule has 0 radical (unpaired) electrons. The van der Waals surface area contributed by atoms with E-state index >= 15 is 0 Å². The van der Waals surface area contributed by atoms with Gasteiger partial charge in [0.15, 0.2) is 0 Å². The summed E-state index contributed by atoms with van der Waals surface area (Å²) in [4.78, 5) is 0. The van der Waals surface area contributed by atoms with Crippen LogP contribution in [0, 0.1) is 0 Å². The van der Waals surface area contributed by atoms with Crippen LogP contribution in [0.3, 0.4) is 0 Å². The second-order valence-corrected chi connectivity index (χ2v) is 7.23. The third-order valence-electron chi connectivity index (χ3n) is 5.48. The maximum absolute atomic E-state index is 9.66. The van der Waals surface area contributed by atoms with E-state index in [0.29, 0.717) is 11.7 Å². The number of hydrogen-bond acceptors (Lipinski definition) is 2. The first-order valence-electron chi connectivity index (χ1n) is 9.43. The van der Waals surface area contributed by atoms with Crippen LogP contribution >= 0.6 is 0 Å². The topological polar surface area (TPSA) is 40.5 Å². The van der Waals surface area contributed by atoms with Gasteiger partial charge in [-0.05, 0) is 76.9 Å². The van der Waals surface area contributed by atoms with Crippen LogP contribution in [-0.4, -0.2) is 10.2 Å². The molecule has 3 aromatic carbocycles. The molecule has 2 N–H and O–H groups in total. The van der Waals surface area contributed by atoms with E-state index in [9.17, 15) is 10.2 Å². The number of rotatable bonds is 3. The van der Waals surface area contributed by atoms with Gasteiger partial charge in [-0.3, -0.25) is 0 Å². The minimum Gasteiger partial charge on any atom is -0.508 e. The summed E-state index contributed by atoms with van der Waals surface area (Å²) in [5.74, 6) is 1.19. The second kappa shape index (κ2) is 7.25. The zero-order valence-electron chi connectivity index (χ0n) is 14.9. The summed E-state index contributed by atoms with van der Waals surface area (Å²) in [5, 5.41) is 19.2. The van der Waals surface area contributed by atoms with Gasteiger partial charge in [0.2, 0.25) is 0 Å². The Balaban J connectivity index is 1.81. The Labute approximate surface area is 154 Å². The molecule has 1 saturated carbocycles. The van der Waals surface area contributed by atoms with Gasteiger partial charge in [-0.15, -0.1) is 0 Å². The van der Waals surface area contributed by atoms with Gasteiger partial charge < -0.3 is 10.2 Å². The van der Waals surface area contributed by atoms with Crippen LogP contribution in [0.1, 0.15) is 43.6 Å². The van der Waals surface area contributed by atoms with Crippen LogP contribution in [0.15, 0.2) is 66.7 Å². The van der Waals surface area contributed by atoms with Gasteiger partial charge >= 0.3 is 0 Å².